The van der Waals surface area contributed by atoms with Gasteiger partial charge in [-0.05, 0) is 31.1 Å². The third-order valence-electron chi connectivity index (χ3n) is 5.74. The van der Waals surface area contributed by atoms with E-state index >= 15 is 0 Å². The highest BCUT2D eigenvalue weighted by Gasteiger charge is 2.55. The van der Waals surface area contributed by atoms with Crippen LogP contribution in [0.25, 0.3) is 0 Å². The van der Waals surface area contributed by atoms with E-state index in [1.54, 1.807) is 18.2 Å². The Labute approximate surface area is 174 Å². The van der Waals surface area contributed by atoms with Crippen molar-refractivity contribution in [3.8, 4) is 18.2 Å². The fourth-order valence-corrected chi connectivity index (χ4v) is 4.65. The molecule has 1 aliphatic carbocycles. The summed E-state index contributed by atoms with van der Waals surface area (Å²) in [5.74, 6) is -0.924. The van der Waals surface area contributed by atoms with Crippen molar-refractivity contribution in [1.82, 2.24) is 4.90 Å². The van der Waals surface area contributed by atoms with Crippen LogP contribution >= 0.6 is 23.2 Å². The Morgan fingerprint density at radius 3 is 2.46 bits per heavy atom. The summed E-state index contributed by atoms with van der Waals surface area (Å²) in [6.45, 7) is 5.42. The minimum atomic E-state index is -1.71. The number of nitrogens with zero attached hydrogens (tertiary/aromatic N) is 4. The molecule has 142 valence electrons. The van der Waals surface area contributed by atoms with Crippen LogP contribution in [0.3, 0.4) is 0 Å². The van der Waals surface area contributed by atoms with Crippen molar-refractivity contribution >= 4 is 23.2 Å². The molecule has 0 radical (unpaired) electrons. The molecular weight excluding hydrogens is 393 g/mol. The summed E-state index contributed by atoms with van der Waals surface area (Å²) in [7, 11) is 0. The Morgan fingerprint density at radius 1 is 1.21 bits per heavy atom. The normalized spacial score (nSPS) is 24.0. The Balaban J connectivity index is 2.35. The molecule has 0 aromatic heterocycles. The van der Waals surface area contributed by atoms with Crippen molar-refractivity contribution in [3.63, 3.8) is 0 Å². The minimum absolute atomic E-state index is 0.0125. The molecule has 0 saturated carbocycles. The monoisotopic (exact) mass is 411 g/mol. The van der Waals surface area contributed by atoms with Crippen molar-refractivity contribution in [1.29, 1.82) is 15.8 Å². The summed E-state index contributed by atoms with van der Waals surface area (Å²) in [6, 6.07) is 11.8. The molecule has 2 N–H and O–H groups in total. The maximum absolute atomic E-state index is 10.1. The molecule has 5 nitrogen and oxygen atoms in total. The van der Waals surface area contributed by atoms with Crippen LogP contribution < -0.4 is 5.73 Å². The maximum Gasteiger partial charge on any atom is 0.191 e. The van der Waals surface area contributed by atoms with Crippen molar-refractivity contribution in [2.24, 2.45) is 17.1 Å². The van der Waals surface area contributed by atoms with E-state index in [9.17, 15) is 15.8 Å². The average Bonchev–Trinajstić information content (AvgIpc) is 2.69. The standard InChI is InChI=1S/C21H19Cl2N5/c1-12(2)28-7-6-13-15(8-24)20(27)21(10-25,11-26)18(16(13)9-28)14-4-3-5-17(22)19(14)23/h3-6,12,16,18H,7,9,27H2,1-2H3/t16-,18+/m1/s1. The van der Waals surface area contributed by atoms with Crippen LogP contribution in [0.5, 0.6) is 0 Å². The Morgan fingerprint density at radius 2 is 1.89 bits per heavy atom. The molecule has 0 saturated heterocycles. The summed E-state index contributed by atoms with van der Waals surface area (Å²) < 4.78 is 0. The highest BCUT2D eigenvalue weighted by Crippen LogP contribution is 2.55. The molecule has 1 aromatic rings. The first kappa shape index (κ1) is 20.2. The largest absolute Gasteiger partial charge is 0.399 e. The van der Waals surface area contributed by atoms with Crippen LogP contribution in [0.1, 0.15) is 25.3 Å². The molecule has 0 bridgehead atoms. The van der Waals surface area contributed by atoms with Gasteiger partial charge in [-0.25, -0.2) is 0 Å². The molecule has 0 unspecified atom stereocenters. The molecule has 0 fully saturated rings. The first-order chi connectivity index (χ1) is 13.3. The molecule has 2 aliphatic rings. The molecule has 2 atom stereocenters. The fraction of sp³-hybridized carbons (Fsp3) is 0.381. The van der Waals surface area contributed by atoms with Crippen molar-refractivity contribution in [3.05, 3.63) is 56.7 Å². The van der Waals surface area contributed by atoms with Gasteiger partial charge in [-0.2, -0.15) is 15.8 Å². The number of rotatable bonds is 2. The maximum atomic E-state index is 10.1. The number of nitrogens with two attached hydrogens (primary N) is 1. The molecule has 28 heavy (non-hydrogen) atoms. The van der Waals surface area contributed by atoms with E-state index in [2.05, 4.69) is 37.0 Å². The zero-order valence-electron chi connectivity index (χ0n) is 15.6. The van der Waals surface area contributed by atoms with Crippen LogP contribution in [0.15, 0.2) is 41.1 Å². The third kappa shape index (κ3) is 2.86. The van der Waals surface area contributed by atoms with E-state index in [0.717, 1.165) is 5.57 Å². The van der Waals surface area contributed by atoms with E-state index in [-0.39, 0.29) is 23.2 Å². The van der Waals surface area contributed by atoms with Gasteiger partial charge in [0.2, 0.25) is 0 Å². The lowest BCUT2D eigenvalue weighted by atomic mass is 9.58. The van der Waals surface area contributed by atoms with Crippen LogP contribution in [0.4, 0.5) is 0 Å². The first-order valence-electron chi connectivity index (χ1n) is 8.93. The fourth-order valence-electron chi connectivity index (χ4n) is 4.23. The van der Waals surface area contributed by atoms with E-state index in [1.165, 1.54) is 0 Å². The number of nitriles is 3. The Hall–Kier alpha value is -2.49. The molecular formula is C21H19Cl2N5. The smallest absolute Gasteiger partial charge is 0.191 e. The predicted molar refractivity (Wildman–Crippen MR) is 108 cm³/mol. The van der Waals surface area contributed by atoms with E-state index < -0.39 is 11.3 Å². The number of benzene rings is 1. The van der Waals surface area contributed by atoms with Gasteiger partial charge in [0.05, 0.1) is 33.5 Å². The highest BCUT2D eigenvalue weighted by molar-refractivity contribution is 6.42. The lowest BCUT2D eigenvalue weighted by Crippen LogP contribution is -2.49. The number of halogens is 2. The number of hydrogen-bond acceptors (Lipinski definition) is 5. The second-order valence-corrected chi connectivity index (χ2v) is 8.15. The van der Waals surface area contributed by atoms with Gasteiger partial charge in [0.1, 0.15) is 6.07 Å². The van der Waals surface area contributed by atoms with Gasteiger partial charge in [-0.3, -0.25) is 4.90 Å². The number of hydrogen-bond donors (Lipinski definition) is 1. The van der Waals surface area contributed by atoms with Gasteiger partial charge in [0.25, 0.3) is 0 Å². The van der Waals surface area contributed by atoms with Crippen LogP contribution in [-0.4, -0.2) is 24.0 Å². The first-order valence-corrected chi connectivity index (χ1v) is 9.69. The third-order valence-corrected chi connectivity index (χ3v) is 6.57. The van der Waals surface area contributed by atoms with Crippen LogP contribution in [0, 0.1) is 45.3 Å². The second kappa shape index (κ2) is 7.50. The lowest BCUT2D eigenvalue weighted by molar-refractivity contribution is 0.174. The zero-order valence-corrected chi connectivity index (χ0v) is 17.1. The summed E-state index contributed by atoms with van der Waals surface area (Å²) in [5.41, 5.74) is 6.17. The average molecular weight is 412 g/mol. The van der Waals surface area contributed by atoms with E-state index in [0.29, 0.717) is 28.7 Å². The SMILES string of the molecule is CC(C)N1CC=C2C(C#N)=C(N)C(C#N)(C#N)[C@@H](c3cccc(Cl)c3Cl)[C@@H]2C1. The lowest BCUT2D eigenvalue weighted by Gasteiger charge is -2.46. The van der Waals surface area contributed by atoms with Gasteiger partial charge in [-0.15, -0.1) is 0 Å². The highest BCUT2D eigenvalue weighted by atomic mass is 35.5. The van der Waals surface area contributed by atoms with Crippen LogP contribution in [0.2, 0.25) is 10.0 Å². The zero-order chi connectivity index (χ0) is 20.6. The molecule has 0 spiro atoms. The van der Waals surface area contributed by atoms with Crippen molar-refractivity contribution < 1.29 is 0 Å². The van der Waals surface area contributed by atoms with E-state index in [4.69, 9.17) is 28.9 Å². The summed E-state index contributed by atoms with van der Waals surface area (Å²) >= 11 is 12.8. The Kier molecular flexibility index (Phi) is 5.42. The molecule has 1 aromatic carbocycles. The van der Waals surface area contributed by atoms with Gasteiger partial charge in [0, 0.05) is 31.0 Å². The second-order valence-electron chi connectivity index (χ2n) is 7.37. The van der Waals surface area contributed by atoms with Gasteiger partial charge >= 0.3 is 0 Å². The molecule has 0 amide bonds. The number of allylic oxidation sites excluding steroid dienone is 2. The van der Waals surface area contributed by atoms with Gasteiger partial charge < -0.3 is 5.73 Å². The quantitative estimate of drug-likeness (QED) is 0.787. The predicted octanol–water partition coefficient (Wildman–Crippen LogP) is 4.13. The summed E-state index contributed by atoms with van der Waals surface area (Å²) in [4.78, 5) is 2.23. The van der Waals surface area contributed by atoms with Gasteiger partial charge in [-0.1, -0.05) is 41.4 Å². The van der Waals surface area contributed by atoms with Gasteiger partial charge in [0.15, 0.2) is 5.41 Å². The molecule has 7 heteroatoms. The van der Waals surface area contributed by atoms with Crippen molar-refractivity contribution in [2.75, 3.05) is 13.1 Å². The number of fused-ring (bicyclic) bond motifs is 1. The molecule has 3 rings (SSSR count). The van der Waals surface area contributed by atoms with Crippen molar-refractivity contribution in [2.45, 2.75) is 25.8 Å². The molecule has 1 heterocycles. The molecule has 1 aliphatic heterocycles. The topological polar surface area (TPSA) is 101 Å². The van der Waals surface area contributed by atoms with E-state index in [1.807, 2.05) is 6.08 Å². The summed E-state index contributed by atoms with van der Waals surface area (Å²) in [6.07, 6.45) is 1.98. The Bertz CT molecular complexity index is 989. The van der Waals surface area contributed by atoms with Crippen LogP contribution in [-0.2, 0) is 0 Å². The summed E-state index contributed by atoms with van der Waals surface area (Å²) in [5, 5.41) is 30.6. The minimum Gasteiger partial charge on any atom is -0.399 e.